The molecule has 30 heavy (non-hydrogen) atoms. The fourth-order valence-corrected chi connectivity index (χ4v) is 3.26. The fraction of sp³-hybridized carbons (Fsp3) is 0.333. The van der Waals surface area contributed by atoms with E-state index in [1.165, 1.54) is 7.05 Å². The Labute approximate surface area is 179 Å². The number of Topliss-reactive ketones (excluding diaryl/α,β-unsaturated/α-hetero) is 1. The van der Waals surface area contributed by atoms with E-state index in [-0.39, 0.29) is 36.0 Å². The molecule has 0 fully saturated rings. The number of likely N-dealkylation sites (N-methyl/N-ethyl adjacent to an activating group) is 1. The third-order valence-electron chi connectivity index (χ3n) is 4.00. The van der Waals surface area contributed by atoms with Crippen LogP contribution in [0.3, 0.4) is 0 Å². The summed E-state index contributed by atoms with van der Waals surface area (Å²) >= 11 is 12.1. The highest BCUT2D eigenvalue weighted by molar-refractivity contribution is 6.38. The zero-order valence-corrected chi connectivity index (χ0v) is 17.5. The molecule has 1 heterocycles. The van der Waals surface area contributed by atoms with Gasteiger partial charge in [0.25, 0.3) is 5.91 Å². The van der Waals surface area contributed by atoms with E-state index in [1.807, 2.05) is 0 Å². The number of carbonyl (C=O) groups is 2. The minimum Gasteiger partial charge on any atom is -0.372 e. The molecular formula is C18H15Cl2F3N4O3. The van der Waals surface area contributed by atoms with Crippen molar-refractivity contribution >= 4 is 40.7 Å². The highest BCUT2D eigenvalue weighted by Gasteiger charge is 2.34. The van der Waals surface area contributed by atoms with Gasteiger partial charge in [0.2, 0.25) is 0 Å². The predicted octanol–water partition coefficient (Wildman–Crippen LogP) is 4.27. The number of nitriles is 1. The van der Waals surface area contributed by atoms with Gasteiger partial charge in [0.15, 0.2) is 17.3 Å². The number of alkyl halides is 3. The molecular weight excluding hydrogens is 448 g/mol. The topological polar surface area (TPSA) is 88.2 Å². The Morgan fingerprint density at radius 3 is 2.30 bits per heavy atom. The second-order valence-corrected chi connectivity index (χ2v) is 6.82. The van der Waals surface area contributed by atoms with E-state index in [2.05, 4.69) is 5.10 Å². The second kappa shape index (κ2) is 9.04. The van der Waals surface area contributed by atoms with Crippen molar-refractivity contribution in [1.82, 2.24) is 9.78 Å². The predicted molar refractivity (Wildman–Crippen MR) is 103 cm³/mol. The van der Waals surface area contributed by atoms with E-state index >= 15 is 0 Å². The van der Waals surface area contributed by atoms with E-state index in [1.54, 1.807) is 13.0 Å². The van der Waals surface area contributed by atoms with E-state index in [4.69, 9.17) is 27.9 Å². The number of hydrogen-bond acceptors (Lipinski definition) is 5. The molecule has 0 N–H and O–H groups in total. The van der Waals surface area contributed by atoms with Gasteiger partial charge in [-0.1, -0.05) is 23.2 Å². The molecule has 0 unspecified atom stereocenters. The first-order valence-electron chi connectivity index (χ1n) is 8.38. The summed E-state index contributed by atoms with van der Waals surface area (Å²) < 4.78 is 45.1. The second-order valence-electron chi connectivity index (χ2n) is 6.00. The maximum absolute atomic E-state index is 13.0. The molecule has 2 rings (SSSR count). The van der Waals surface area contributed by atoms with Crippen molar-refractivity contribution in [3.63, 3.8) is 0 Å². The molecule has 7 nitrogen and oxygen atoms in total. The van der Waals surface area contributed by atoms with Crippen LogP contribution >= 0.6 is 23.2 Å². The lowest BCUT2D eigenvalue weighted by Gasteiger charge is -2.21. The summed E-state index contributed by atoms with van der Waals surface area (Å²) in [5.41, 5.74) is -1.87. The first-order chi connectivity index (χ1) is 13.9. The number of nitrogens with zero attached hydrogens (tertiary/aromatic N) is 4. The summed E-state index contributed by atoms with van der Waals surface area (Å²) in [6, 6.07) is 3.00. The zero-order chi connectivity index (χ0) is 22.8. The molecule has 0 saturated carbocycles. The molecule has 1 amide bonds. The van der Waals surface area contributed by atoms with Gasteiger partial charge in [-0.05, 0) is 26.0 Å². The third-order valence-corrected chi connectivity index (χ3v) is 4.57. The summed E-state index contributed by atoms with van der Waals surface area (Å²) in [4.78, 5) is 25.7. The highest BCUT2D eigenvalue weighted by atomic mass is 35.5. The summed E-state index contributed by atoms with van der Waals surface area (Å²) in [6.07, 6.45) is -4.70. The molecule has 0 aliphatic carbocycles. The van der Waals surface area contributed by atoms with Crippen LogP contribution in [0.4, 0.5) is 19.0 Å². The molecule has 2 aromatic rings. The Hall–Kier alpha value is -2.61. The van der Waals surface area contributed by atoms with Gasteiger partial charge in [0.1, 0.15) is 18.4 Å². The first kappa shape index (κ1) is 23.7. The quantitative estimate of drug-likeness (QED) is 0.598. The summed E-state index contributed by atoms with van der Waals surface area (Å²) in [5, 5.41) is 12.5. The van der Waals surface area contributed by atoms with Crippen molar-refractivity contribution in [2.24, 2.45) is 0 Å². The Morgan fingerprint density at radius 2 is 1.87 bits per heavy atom. The zero-order valence-electron chi connectivity index (χ0n) is 16.0. The number of carbonyl (C=O) groups excluding carboxylic acids is 2. The molecule has 1 aromatic heterocycles. The monoisotopic (exact) mass is 462 g/mol. The van der Waals surface area contributed by atoms with Crippen LogP contribution in [-0.2, 0) is 15.7 Å². The molecule has 0 atom stereocenters. The molecule has 160 valence electrons. The minimum atomic E-state index is -4.70. The lowest BCUT2D eigenvalue weighted by molar-refractivity contribution is -0.137. The molecule has 0 aliphatic heterocycles. The SMILES string of the molecule is CCOCC(=O)N(C)c1c(C(C)=O)c(C#N)nn1-c1c(Cl)cc(C(F)(F)F)cc1Cl. The minimum absolute atomic E-state index is 0.174. The fourth-order valence-electron chi connectivity index (χ4n) is 2.61. The third kappa shape index (κ3) is 4.59. The van der Waals surface area contributed by atoms with E-state index < -0.39 is 33.5 Å². The average molecular weight is 463 g/mol. The van der Waals surface area contributed by atoms with Crippen molar-refractivity contribution in [2.75, 3.05) is 25.2 Å². The molecule has 0 saturated heterocycles. The molecule has 0 bridgehead atoms. The van der Waals surface area contributed by atoms with Crippen molar-refractivity contribution in [3.05, 3.63) is 39.0 Å². The smallest absolute Gasteiger partial charge is 0.372 e. The van der Waals surface area contributed by atoms with Crippen molar-refractivity contribution in [1.29, 1.82) is 5.26 Å². The van der Waals surface area contributed by atoms with Gasteiger partial charge in [-0.15, -0.1) is 0 Å². The molecule has 12 heteroatoms. The number of amides is 1. The first-order valence-corrected chi connectivity index (χ1v) is 9.14. The maximum atomic E-state index is 13.0. The van der Waals surface area contributed by atoms with Gasteiger partial charge in [0, 0.05) is 13.7 Å². The van der Waals surface area contributed by atoms with Crippen LogP contribution in [0.1, 0.15) is 35.5 Å². The van der Waals surface area contributed by atoms with Gasteiger partial charge in [-0.2, -0.15) is 23.5 Å². The number of rotatable bonds is 6. The standard InChI is InChI=1S/C18H15Cl2F3N4O3/c1-4-30-8-14(29)26(3)17-15(9(2)28)13(7-24)25-27(17)16-11(19)5-10(6-12(16)20)18(21,22)23/h5-6H,4,8H2,1-3H3. The van der Waals surface area contributed by atoms with Crippen LogP contribution in [0.2, 0.25) is 10.0 Å². The number of ketones is 1. The molecule has 0 radical (unpaired) electrons. The molecule has 1 aromatic carbocycles. The number of aromatic nitrogens is 2. The number of ether oxygens (including phenoxy) is 1. The van der Waals surface area contributed by atoms with Crippen LogP contribution in [0.25, 0.3) is 5.69 Å². The summed E-state index contributed by atoms with van der Waals surface area (Å²) in [6.45, 7) is 2.74. The van der Waals surface area contributed by atoms with Gasteiger partial charge in [0.05, 0.1) is 21.2 Å². The van der Waals surface area contributed by atoms with Crippen molar-refractivity contribution < 1.29 is 27.5 Å². The van der Waals surface area contributed by atoms with E-state index in [9.17, 15) is 28.0 Å². The Kier molecular flexibility index (Phi) is 7.13. The van der Waals surface area contributed by atoms with Gasteiger partial charge >= 0.3 is 6.18 Å². The summed E-state index contributed by atoms with van der Waals surface area (Å²) in [5.74, 6) is -1.36. The van der Waals surface area contributed by atoms with Gasteiger partial charge < -0.3 is 4.74 Å². The van der Waals surface area contributed by atoms with E-state index in [0.29, 0.717) is 12.1 Å². The number of anilines is 1. The van der Waals surface area contributed by atoms with Gasteiger partial charge in [-0.3, -0.25) is 14.5 Å². The van der Waals surface area contributed by atoms with Crippen LogP contribution < -0.4 is 4.90 Å². The van der Waals surface area contributed by atoms with Crippen LogP contribution in [0, 0.1) is 11.3 Å². The van der Waals surface area contributed by atoms with E-state index in [0.717, 1.165) is 16.5 Å². The Balaban J connectivity index is 2.80. The van der Waals surface area contributed by atoms with Crippen molar-refractivity contribution in [2.45, 2.75) is 20.0 Å². The largest absolute Gasteiger partial charge is 0.416 e. The molecule has 0 spiro atoms. The molecule has 0 aliphatic rings. The highest BCUT2D eigenvalue weighted by Crippen LogP contribution is 2.39. The Morgan fingerprint density at radius 1 is 1.30 bits per heavy atom. The van der Waals surface area contributed by atoms with Crippen LogP contribution in [0.5, 0.6) is 0 Å². The maximum Gasteiger partial charge on any atom is 0.416 e. The number of benzene rings is 1. The number of hydrogen-bond donors (Lipinski definition) is 0. The summed E-state index contributed by atoms with van der Waals surface area (Å²) in [7, 11) is 1.30. The number of halogens is 5. The van der Waals surface area contributed by atoms with Gasteiger partial charge in [-0.25, -0.2) is 4.68 Å². The van der Waals surface area contributed by atoms with Crippen LogP contribution in [-0.4, -0.2) is 41.7 Å². The van der Waals surface area contributed by atoms with Crippen LogP contribution in [0.15, 0.2) is 12.1 Å². The lowest BCUT2D eigenvalue weighted by atomic mass is 10.1. The Bertz CT molecular complexity index is 1020. The average Bonchev–Trinajstić information content (AvgIpc) is 3.03. The lowest BCUT2D eigenvalue weighted by Crippen LogP contribution is -2.33. The normalized spacial score (nSPS) is 11.3. The van der Waals surface area contributed by atoms with Crippen molar-refractivity contribution in [3.8, 4) is 11.8 Å².